The summed E-state index contributed by atoms with van der Waals surface area (Å²) in [5.74, 6) is -0.192. The molecule has 2 N–H and O–H groups in total. The van der Waals surface area contributed by atoms with Crippen LogP contribution in [0.3, 0.4) is 0 Å². The maximum atomic E-state index is 12.0. The number of fused-ring (bicyclic) bond motifs is 1. The third kappa shape index (κ3) is 2.83. The van der Waals surface area contributed by atoms with Crippen LogP contribution in [-0.4, -0.2) is 28.6 Å². The Labute approximate surface area is 125 Å². The standard InChI is InChI=1S/C15H13N3O4/c1-9-6-13(18-22-9)17-14(19)8-21-15(20)11-7-16-12-5-3-2-4-10(11)12/h2-7,16H,8H2,1H3,(H,17,18,19). The molecule has 22 heavy (non-hydrogen) atoms. The maximum absolute atomic E-state index is 12.0. The minimum atomic E-state index is -0.566. The van der Waals surface area contributed by atoms with Gasteiger partial charge >= 0.3 is 5.97 Å². The van der Waals surface area contributed by atoms with Crippen molar-refractivity contribution >= 4 is 28.6 Å². The third-order valence-electron chi connectivity index (χ3n) is 3.04. The van der Waals surface area contributed by atoms with E-state index in [1.165, 1.54) is 0 Å². The fourth-order valence-corrected chi connectivity index (χ4v) is 2.05. The Morgan fingerprint density at radius 1 is 1.36 bits per heavy atom. The summed E-state index contributed by atoms with van der Waals surface area (Å²) < 4.78 is 9.83. The number of aromatic amines is 1. The molecule has 0 saturated carbocycles. The number of amides is 1. The second-order valence-electron chi connectivity index (χ2n) is 4.70. The van der Waals surface area contributed by atoms with Crippen molar-refractivity contribution in [2.24, 2.45) is 0 Å². The van der Waals surface area contributed by atoms with Crippen LogP contribution in [0.15, 0.2) is 41.1 Å². The average Bonchev–Trinajstić information content (AvgIpc) is 3.11. The SMILES string of the molecule is Cc1cc(NC(=O)COC(=O)c2c[nH]c3ccccc23)no1. The number of nitrogens with one attached hydrogen (secondary N) is 2. The molecule has 1 amide bonds. The van der Waals surface area contributed by atoms with Crippen molar-refractivity contribution in [3.05, 3.63) is 47.9 Å². The molecule has 0 aliphatic rings. The second-order valence-corrected chi connectivity index (χ2v) is 4.70. The van der Waals surface area contributed by atoms with E-state index < -0.39 is 18.5 Å². The van der Waals surface area contributed by atoms with E-state index in [0.29, 0.717) is 11.3 Å². The summed E-state index contributed by atoms with van der Waals surface area (Å²) >= 11 is 0. The van der Waals surface area contributed by atoms with Crippen LogP contribution in [-0.2, 0) is 9.53 Å². The first kappa shape index (κ1) is 13.9. The van der Waals surface area contributed by atoms with E-state index in [4.69, 9.17) is 9.26 Å². The summed E-state index contributed by atoms with van der Waals surface area (Å²) in [5.41, 5.74) is 1.22. The lowest BCUT2D eigenvalue weighted by atomic mass is 10.2. The number of esters is 1. The van der Waals surface area contributed by atoms with Crippen LogP contribution < -0.4 is 5.32 Å². The van der Waals surface area contributed by atoms with Gasteiger partial charge in [0.15, 0.2) is 12.4 Å². The Kier molecular flexibility index (Phi) is 3.61. The molecule has 112 valence electrons. The summed E-state index contributed by atoms with van der Waals surface area (Å²) in [6, 6.07) is 8.92. The normalized spacial score (nSPS) is 10.6. The Morgan fingerprint density at radius 2 is 2.18 bits per heavy atom. The van der Waals surface area contributed by atoms with Crippen molar-refractivity contribution in [2.45, 2.75) is 6.92 Å². The van der Waals surface area contributed by atoms with E-state index in [1.807, 2.05) is 18.2 Å². The number of benzene rings is 1. The van der Waals surface area contributed by atoms with E-state index in [9.17, 15) is 9.59 Å². The van der Waals surface area contributed by atoms with E-state index in [2.05, 4.69) is 15.5 Å². The van der Waals surface area contributed by atoms with Gasteiger partial charge in [-0.05, 0) is 13.0 Å². The zero-order valence-corrected chi connectivity index (χ0v) is 11.8. The van der Waals surface area contributed by atoms with Gasteiger partial charge in [-0.25, -0.2) is 4.79 Å². The van der Waals surface area contributed by atoms with Crippen molar-refractivity contribution in [3.8, 4) is 0 Å². The number of carbonyl (C=O) groups is 2. The van der Waals surface area contributed by atoms with E-state index in [1.54, 1.807) is 25.3 Å². The van der Waals surface area contributed by atoms with Crippen molar-refractivity contribution in [3.63, 3.8) is 0 Å². The molecular weight excluding hydrogens is 286 g/mol. The number of hydrogen-bond donors (Lipinski definition) is 2. The van der Waals surface area contributed by atoms with Crippen molar-refractivity contribution in [2.75, 3.05) is 11.9 Å². The van der Waals surface area contributed by atoms with Gasteiger partial charge < -0.3 is 19.6 Å². The molecule has 0 saturated heterocycles. The van der Waals surface area contributed by atoms with Gasteiger partial charge in [0.25, 0.3) is 5.91 Å². The molecule has 3 rings (SSSR count). The Hall–Kier alpha value is -3.09. The monoisotopic (exact) mass is 299 g/mol. The lowest BCUT2D eigenvalue weighted by molar-refractivity contribution is -0.119. The predicted molar refractivity (Wildman–Crippen MR) is 78.5 cm³/mol. The summed E-state index contributed by atoms with van der Waals surface area (Å²) in [5, 5.41) is 6.84. The molecule has 0 atom stereocenters. The lowest BCUT2D eigenvalue weighted by Crippen LogP contribution is -2.21. The number of rotatable bonds is 4. The summed E-state index contributed by atoms with van der Waals surface area (Å²) in [4.78, 5) is 26.7. The molecule has 0 aliphatic heterocycles. The topological polar surface area (TPSA) is 97.2 Å². The van der Waals surface area contributed by atoms with Crippen LogP contribution in [0.4, 0.5) is 5.82 Å². The Morgan fingerprint density at radius 3 is 2.95 bits per heavy atom. The van der Waals surface area contributed by atoms with E-state index >= 15 is 0 Å². The van der Waals surface area contributed by atoms with Crippen molar-refractivity contribution < 1.29 is 18.8 Å². The quantitative estimate of drug-likeness (QED) is 0.720. The van der Waals surface area contributed by atoms with Gasteiger partial charge in [0.1, 0.15) is 5.76 Å². The van der Waals surface area contributed by atoms with Gasteiger partial charge in [0.05, 0.1) is 5.56 Å². The molecular formula is C15H13N3O4. The lowest BCUT2D eigenvalue weighted by Gasteiger charge is -2.03. The van der Waals surface area contributed by atoms with Crippen molar-refractivity contribution in [1.82, 2.24) is 10.1 Å². The van der Waals surface area contributed by atoms with Crippen LogP contribution in [0.25, 0.3) is 10.9 Å². The molecule has 0 radical (unpaired) electrons. The number of anilines is 1. The van der Waals surface area contributed by atoms with Crippen LogP contribution in [0.2, 0.25) is 0 Å². The predicted octanol–water partition coefficient (Wildman–Crippen LogP) is 2.26. The van der Waals surface area contributed by atoms with Crippen LogP contribution >= 0.6 is 0 Å². The summed E-state index contributed by atoms with van der Waals surface area (Å²) in [6.45, 7) is 1.31. The molecule has 2 heterocycles. The van der Waals surface area contributed by atoms with Crippen LogP contribution in [0.1, 0.15) is 16.1 Å². The zero-order chi connectivity index (χ0) is 15.5. The fourth-order valence-electron chi connectivity index (χ4n) is 2.05. The molecule has 7 heteroatoms. The first-order valence-electron chi connectivity index (χ1n) is 6.60. The Bertz CT molecular complexity index is 834. The molecule has 2 aromatic heterocycles. The highest BCUT2D eigenvalue weighted by Gasteiger charge is 2.15. The second kappa shape index (κ2) is 5.72. The minimum absolute atomic E-state index is 0.283. The van der Waals surface area contributed by atoms with Gasteiger partial charge in [0.2, 0.25) is 0 Å². The van der Waals surface area contributed by atoms with E-state index in [0.717, 1.165) is 10.9 Å². The summed E-state index contributed by atoms with van der Waals surface area (Å²) in [6.07, 6.45) is 1.56. The number of nitrogens with zero attached hydrogens (tertiary/aromatic N) is 1. The average molecular weight is 299 g/mol. The molecule has 7 nitrogen and oxygen atoms in total. The maximum Gasteiger partial charge on any atom is 0.340 e. The first-order valence-corrected chi connectivity index (χ1v) is 6.60. The summed E-state index contributed by atoms with van der Waals surface area (Å²) in [7, 11) is 0. The molecule has 3 aromatic rings. The number of aromatic nitrogens is 2. The fraction of sp³-hybridized carbons (Fsp3) is 0.133. The largest absolute Gasteiger partial charge is 0.452 e. The highest BCUT2D eigenvalue weighted by Crippen LogP contribution is 2.18. The number of hydrogen-bond acceptors (Lipinski definition) is 5. The Balaban J connectivity index is 1.61. The number of H-pyrrole nitrogens is 1. The zero-order valence-electron chi connectivity index (χ0n) is 11.8. The molecule has 0 fully saturated rings. The number of ether oxygens (including phenoxy) is 1. The van der Waals surface area contributed by atoms with Gasteiger partial charge in [-0.1, -0.05) is 23.4 Å². The van der Waals surface area contributed by atoms with Gasteiger partial charge in [-0.15, -0.1) is 0 Å². The highest BCUT2D eigenvalue weighted by molar-refractivity contribution is 6.04. The van der Waals surface area contributed by atoms with E-state index in [-0.39, 0.29) is 5.82 Å². The molecule has 0 bridgehead atoms. The first-order chi connectivity index (χ1) is 10.6. The number of carbonyl (C=O) groups excluding carboxylic acids is 2. The van der Waals surface area contributed by atoms with Gasteiger partial charge in [-0.3, -0.25) is 4.79 Å². The molecule has 0 aliphatic carbocycles. The number of aryl methyl sites for hydroxylation is 1. The third-order valence-corrected chi connectivity index (χ3v) is 3.04. The smallest absolute Gasteiger partial charge is 0.340 e. The van der Waals surface area contributed by atoms with Crippen LogP contribution in [0.5, 0.6) is 0 Å². The van der Waals surface area contributed by atoms with Crippen molar-refractivity contribution in [1.29, 1.82) is 0 Å². The highest BCUT2D eigenvalue weighted by atomic mass is 16.5. The molecule has 0 unspecified atom stereocenters. The number of para-hydroxylation sites is 1. The van der Waals surface area contributed by atoms with Crippen LogP contribution in [0, 0.1) is 6.92 Å². The molecule has 1 aromatic carbocycles. The van der Waals surface area contributed by atoms with Gasteiger partial charge in [0, 0.05) is 23.2 Å². The molecule has 0 spiro atoms. The minimum Gasteiger partial charge on any atom is -0.452 e. The van der Waals surface area contributed by atoms with Gasteiger partial charge in [-0.2, -0.15) is 0 Å².